The van der Waals surface area contributed by atoms with Crippen LogP contribution >= 0.6 is 11.9 Å². The summed E-state index contributed by atoms with van der Waals surface area (Å²) in [5, 5.41) is 15.0. The lowest BCUT2D eigenvalue weighted by Gasteiger charge is -2.40. The van der Waals surface area contributed by atoms with Crippen LogP contribution in [0.15, 0.2) is 42.5 Å². The SMILES string of the molecule is CC.CCSNc1ccc(C)c(N2CCC(C)(C/C=C\CCNc3nc(NC=O)ccc3C#N)CC2)c1. The third kappa shape index (κ3) is 9.32. The van der Waals surface area contributed by atoms with Crippen LogP contribution in [-0.4, -0.2) is 36.8 Å². The van der Waals surface area contributed by atoms with E-state index >= 15 is 0 Å². The number of nitrogens with one attached hydrogen (secondary N) is 3. The number of allylic oxidation sites excluding steroid dienone is 1. The van der Waals surface area contributed by atoms with Crippen molar-refractivity contribution in [2.45, 2.75) is 60.3 Å². The molecule has 0 unspecified atom stereocenters. The predicted molar refractivity (Wildman–Crippen MR) is 159 cm³/mol. The van der Waals surface area contributed by atoms with Gasteiger partial charge in [-0.3, -0.25) is 4.79 Å². The van der Waals surface area contributed by atoms with Gasteiger partial charge in [-0.15, -0.1) is 0 Å². The molecular weight excluding hydrogens is 480 g/mol. The van der Waals surface area contributed by atoms with Gasteiger partial charge in [0.15, 0.2) is 0 Å². The normalized spacial score (nSPS) is 14.3. The summed E-state index contributed by atoms with van der Waals surface area (Å²) in [5.41, 5.74) is 4.62. The van der Waals surface area contributed by atoms with Gasteiger partial charge in [0.25, 0.3) is 0 Å². The van der Waals surface area contributed by atoms with Crippen LogP contribution in [0.1, 0.15) is 64.5 Å². The second-order valence-corrected chi connectivity index (χ2v) is 10.3. The number of hydrogen-bond acceptors (Lipinski definition) is 7. The molecule has 3 rings (SSSR count). The van der Waals surface area contributed by atoms with Crippen molar-refractivity contribution in [2.75, 3.05) is 45.6 Å². The molecule has 0 spiro atoms. The van der Waals surface area contributed by atoms with Crippen molar-refractivity contribution < 1.29 is 4.79 Å². The van der Waals surface area contributed by atoms with E-state index in [1.807, 2.05) is 13.8 Å². The van der Waals surface area contributed by atoms with Crippen LogP contribution in [-0.2, 0) is 4.79 Å². The molecule has 0 atom stereocenters. The molecule has 2 heterocycles. The minimum Gasteiger partial charge on any atom is -0.371 e. The van der Waals surface area contributed by atoms with Crippen LogP contribution in [0, 0.1) is 23.7 Å². The Kier molecular flexibility index (Phi) is 12.9. The van der Waals surface area contributed by atoms with Crippen molar-refractivity contribution in [1.29, 1.82) is 5.26 Å². The number of amides is 1. The van der Waals surface area contributed by atoms with Gasteiger partial charge in [0.2, 0.25) is 6.41 Å². The minimum absolute atomic E-state index is 0.312. The molecule has 1 amide bonds. The van der Waals surface area contributed by atoms with Gasteiger partial charge in [-0.25, -0.2) is 4.98 Å². The first-order valence-corrected chi connectivity index (χ1v) is 14.2. The molecule has 1 fully saturated rings. The lowest BCUT2D eigenvalue weighted by Crippen LogP contribution is -2.38. The fourth-order valence-corrected chi connectivity index (χ4v) is 4.68. The van der Waals surface area contributed by atoms with E-state index in [9.17, 15) is 10.1 Å². The third-order valence-corrected chi connectivity index (χ3v) is 7.13. The van der Waals surface area contributed by atoms with Gasteiger partial charge in [0, 0.05) is 36.8 Å². The van der Waals surface area contributed by atoms with Crippen LogP contribution in [0.5, 0.6) is 0 Å². The van der Waals surface area contributed by atoms with Gasteiger partial charge < -0.3 is 20.3 Å². The fraction of sp³-hybridized carbons (Fsp3) is 0.483. The molecule has 0 saturated carbocycles. The summed E-state index contributed by atoms with van der Waals surface area (Å²) < 4.78 is 3.43. The Morgan fingerprint density at radius 1 is 1.19 bits per heavy atom. The Balaban J connectivity index is 0.00000235. The molecule has 0 radical (unpaired) electrons. The number of carbonyl (C=O) groups excluding carboxylic acids is 1. The van der Waals surface area contributed by atoms with Crippen molar-refractivity contribution in [3.05, 3.63) is 53.6 Å². The maximum atomic E-state index is 10.6. The van der Waals surface area contributed by atoms with Crippen molar-refractivity contribution in [3.63, 3.8) is 0 Å². The highest BCUT2D eigenvalue weighted by Gasteiger charge is 2.29. The summed E-state index contributed by atoms with van der Waals surface area (Å²) in [5.74, 6) is 1.96. The molecule has 7 nitrogen and oxygen atoms in total. The quantitative estimate of drug-likeness (QED) is 0.120. The topological polar surface area (TPSA) is 93.1 Å². The van der Waals surface area contributed by atoms with E-state index in [0.29, 0.717) is 35.6 Å². The number of anilines is 4. The van der Waals surface area contributed by atoms with Crippen molar-refractivity contribution >= 4 is 41.4 Å². The molecule has 1 aliphatic rings. The maximum absolute atomic E-state index is 10.6. The summed E-state index contributed by atoms with van der Waals surface area (Å²) in [7, 11) is 0. The van der Waals surface area contributed by atoms with E-state index in [2.05, 4.69) is 82.4 Å². The largest absolute Gasteiger partial charge is 0.371 e. The summed E-state index contributed by atoms with van der Waals surface area (Å²) >= 11 is 1.73. The van der Waals surface area contributed by atoms with E-state index in [4.69, 9.17) is 0 Å². The van der Waals surface area contributed by atoms with Gasteiger partial charge in [-0.2, -0.15) is 5.26 Å². The Morgan fingerprint density at radius 3 is 2.62 bits per heavy atom. The van der Waals surface area contributed by atoms with Crippen LogP contribution in [0.2, 0.25) is 0 Å². The number of hydrogen-bond donors (Lipinski definition) is 3. The Hall–Kier alpha value is -3.18. The summed E-state index contributed by atoms with van der Waals surface area (Å²) in [4.78, 5) is 17.4. The number of rotatable bonds is 12. The number of benzene rings is 1. The molecular formula is C29H42N6OS. The molecule has 1 aromatic heterocycles. The monoisotopic (exact) mass is 522 g/mol. The fourth-order valence-electron chi connectivity index (χ4n) is 4.25. The Labute approximate surface area is 227 Å². The molecule has 1 saturated heterocycles. The van der Waals surface area contributed by atoms with E-state index in [0.717, 1.165) is 31.7 Å². The average Bonchev–Trinajstić information content (AvgIpc) is 2.92. The average molecular weight is 523 g/mol. The smallest absolute Gasteiger partial charge is 0.212 e. The van der Waals surface area contributed by atoms with Gasteiger partial charge in [0.1, 0.15) is 17.7 Å². The third-order valence-electron chi connectivity index (χ3n) is 6.46. The van der Waals surface area contributed by atoms with Crippen LogP contribution < -0.4 is 20.3 Å². The highest BCUT2D eigenvalue weighted by molar-refractivity contribution is 8.00. The maximum Gasteiger partial charge on any atom is 0.212 e. The predicted octanol–water partition coefficient (Wildman–Crippen LogP) is 6.99. The number of aryl methyl sites for hydroxylation is 1. The number of pyridine rings is 1. The van der Waals surface area contributed by atoms with Gasteiger partial charge >= 0.3 is 0 Å². The molecule has 37 heavy (non-hydrogen) atoms. The van der Waals surface area contributed by atoms with E-state index < -0.39 is 0 Å². The van der Waals surface area contributed by atoms with E-state index in [-0.39, 0.29) is 0 Å². The zero-order chi connectivity index (χ0) is 27.1. The first-order chi connectivity index (χ1) is 18.0. The number of nitrogens with zero attached hydrogens (tertiary/aromatic N) is 3. The minimum atomic E-state index is 0.312. The molecule has 1 aliphatic heterocycles. The van der Waals surface area contributed by atoms with Gasteiger partial charge in [-0.05, 0) is 67.9 Å². The van der Waals surface area contributed by atoms with Crippen LogP contribution in [0.25, 0.3) is 0 Å². The highest BCUT2D eigenvalue weighted by Crippen LogP contribution is 2.37. The van der Waals surface area contributed by atoms with Crippen LogP contribution in [0.3, 0.4) is 0 Å². The van der Waals surface area contributed by atoms with Crippen LogP contribution in [0.4, 0.5) is 23.0 Å². The second-order valence-electron chi connectivity index (χ2n) is 9.19. The molecule has 1 aromatic carbocycles. The number of carbonyl (C=O) groups is 1. The summed E-state index contributed by atoms with van der Waals surface area (Å²) in [6.07, 6.45) is 9.32. The Bertz CT molecular complexity index is 1060. The van der Waals surface area contributed by atoms with Crippen molar-refractivity contribution in [3.8, 4) is 6.07 Å². The lowest BCUT2D eigenvalue weighted by molar-refractivity contribution is -0.105. The zero-order valence-electron chi connectivity index (χ0n) is 22.9. The molecule has 2 aromatic rings. The lowest BCUT2D eigenvalue weighted by atomic mass is 9.77. The first kappa shape index (κ1) is 30.0. The Morgan fingerprint density at radius 2 is 1.95 bits per heavy atom. The first-order valence-electron chi connectivity index (χ1n) is 13.2. The molecule has 200 valence electrons. The second kappa shape index (κ2) is 15.8. The van der Waals surface area contributed by atoms with E-state index in [1.165, 1.54) is 29.8 Å². The van der Waals surface area contributed by atoms with Gasteiger partial charge in [-0.1, -0.05) is 57.9 Å². The highest BCUT2D eigenvalue weighted by atomic mass is 32.2. The molecule has 0 bridgehead atoms. The summed E-state index contributed by atoms with van der Waals surface area (Å²) in [6.45, 7) is 13.6. The van der Waals surface area contributed by atoms with E-state index in [1.54, 1.807) is 24.1 Å². The molecule has 8 heteroatoms. The van der Waals surface area contributed by atoms with Gasteiger partial charge in [0.05, 0.1) is 5.56 Å². The van der Waals surface area contributed by atoms with Crippen molar-refractivity contribution in [1.82, 2.24) is 4.98 Å². The number of piperidine rings is 1. The number of nitriles is 1. The van der Waals surface area contributed by atoms with Crippen molar-refractivity contribution in [2.24, 2.45) is 5.41 Å². The number of aromatic nitrogens is 1. The standard InChI is InChI=1S/C27H36N6OS.C2H6/c1-4-35-32-23-10-8-21(2)24(18-23)33-16-13-27(3,14-17-33)12-6-5-7-15-29-26-22(19-28)9-11-25(31-26)30-20-34;1-2/h5-6,8-11,18,20,32H,4,7,12-17H2,1-3H3,(H2,29,30,31,34);1-2H3/b6-5-;. The zero-order valence-corrected chi connectivity index (χ0v) is 23.8. The molecule has 0 aliphatic carbocycles. The summed E-state index contributed by atoms with van der Waals surface area (Å²) in [6, 6.07) is 12.1. The molecule has 3 N–H and O–H groups in total.